The van der Waals surface area contributed by atoms with Gasteiger partial charge in [-0.3, -0.25) is 4.79 Å². The smallest absolute Gasteiger partial charge is 0.317 e. The van der Waals surface area contributed by atoms with E-state index in [1.54, 1.807) is 19.0 Å². The highest BCUT2D eigenvalue weighted by Gasteiger charge is 2.13. The first-order chi connectivity index (χ1) is 11.0. The molecule has 5 heteroatoms. The molecule has 1 aromatic rings. The monoisotopic (exact) mass is 315 g/mol. The summed E-state index contributed by atoms with van der Waals surface area (Å²) in [6.45, 7) is 3.09. The molecular formula is C18H25N3O2. The molecule has 0 unspecified atom stereocenters. The average Bonchev–Trinajstić information content (AvgIpc) is 2.56. The summed E-state index contributed by atoms with van der Waals surface area (Å²) in [7, 11) is 3.28. The standard InChI is InChI=1S/C18H25N3O2/c1-4-5-13-21(17(22)15-19-18(23)20(2)3)14-9-12-16-10-7-6-8-11-16/h6-8,10-11H,4-5,13-15H2,1-3H3,(H,19,23). The van der Waals surface area contributed by atoms with E-state index in [1.165, 1.54) is 4.90 Å². The second kappa shape index (κ2) is 10.3. The highest BCUT2D eigenvalue weighted by Crippen LogP contribution is 1.98. The van der Waals surface area contributed by atoms with Crippen molar-refractivity contribution >= 4 is 11.9 Å². The second-order valence-electron chi connectivity index (χ2n) is 5.39. The zero-order valence-corrected chi connectivity index (χ0v) is 14.1. The summed E-state index contributed by atoms with van der Waals surface area (Å²) >= 11 is 0. The fourth-order valence-corrected chi connectivity index (χ4v) is 1.82. The summed E-state index contributed by atoms with van der Waals surface area (Å²) in [5.41, 5.74) is 0.927. The number of nitrogens with zero attached hydrogens (tertiary/aromatic N) is 2. The highest BCUT2D eigenvalue weighted by molar-refractivity contribution is 5.84. The van der Waals surface area contributed by atoms with Crippen LogP contribution >= 0.6 is 0 Å². The third-order valence-electron chi connectivity index (χ3n) is 3.21. The molecule has 0 aliphatic heterocycles. The highest BCUT2D eigenvalue weighted by atomic mass is 16.2. The Morgan fingerprint density at radius 2 is 1.87 bits per heavy atom. The van der Waals surface area contributed by atoms with Crippen molar-refractivity contribution in [1.29, 1.82) is 0 Å². The van der Waals surface area contributed by atoms with Gasteiger partial charge in [-0.15, -0.1) is 0 Å². The molecule has 0 aromatic heterocycles. The van der Waals surface area contributed by atoms with E-state index in [1.807, 2.05) is 30.3 Å². The van der Waals surface area contributed by atoms with Gasteiger partial charge in [0.05, 0.1) is 13.1 Å². The molecule has 1 rings (SSSR count). The van der Waals surface area contributed by atoms with Crippen LogP contribution < -0.4 is 5.32 Å². The summed E-state index contributed by atoms with van der Waals surface area (Å²) in [6, 6.07) is 9.40. The number of carbonyl (C=O) groups excluding carboxylic acids is 2. The van der Waals surface area contributed by atoms with Gasteiger partial charge in [0.2, 0.25) is 5.91 Å². The van der Waals surface area contributed by atoms with Gasteiger partial charge in [-0.2, -0.15) is 0 Å². The van der Waals surface area contributed by atoms with E-state index in [0.717, 1.165) is 18.4 Å². The summed E-state index contributed by atoms with van der Waals surface area (Å²) in [6.07, 6.45) is 1.92. The Balaban J connectivity index is 2.59. The predicted molar refractivity (Wildman–Crippen MR) is 91.9 cm³/mol. The number of hydrogen-bond donors (Lipinski definition) is 1. The van der Waals surface area contributed by atoms with Gasteiger partial charge in [-0.05, 0) is 18.6 Å². The zero-order chi connectivity index (χ0) is 17.1. The second-order valence-corrected chi connectivity index (χ2v) is 5.39. The maximum atomic E-state index is 12.2. The largest absolute Gasteiger partial charge is 0.331 e. The number of benzene rings is 1. The number of amides is 3. The maximum absolute atomic E-state index is 12.2. The molecule has 0 aliphatic rings. The number of urea groups is 1. The van der Waals surface area contributed by atoms with Crippen molar-refractivity contribution < 1.29 is 9.59 Å². The quantitative estimate of drug-likeness (QED) is 0.816. The molecule has 5 nitrogen and oxygen atoms in total. The summed E-state index contributed by atoms with van der Waals surface area (Å²) in [5.74, 6) is 5.97. The van der Waals surface area contributed by atoms with Gasteiger partial charge >= 0.3 is 6.03 Å². The number of carbonyl (C=O) groups is 2. The molecule has 0 fully saturated rings. The lowest BCUT2D eigenvalue weighted by Gasteiger charge is -2.21. The van der Waals surface area contributed by atoms with Gasteiger partial charge in [0.25, 0.3) is 0 Å². The van der Waals surface area contributed by atoms with Crippen molar-refractivity contribution in [3.8, 4) is 11.8 Å². The maximum Gasteiger partial charge on any atom is 0.317 e. The van der Waals surface area contributed by atoms with E-state index in [0.29, 0.717) is 13.1 Å². The molecule has 124 valence electrons. The molecule has 0 saturated heterocycles. The van der Waals surface area contributed by atoms with Crippen LogP contribution in [0.15, 0.2) is 30.3 Å². The number of nitrogens with one attached hydrogen (secondary N) is 1. The Morgan fingerprint density at radius 3 is 2.48 bits per heavy atom. The SMILES string of the molecule is CCCCN(CC#Cc1ccccc1)C(=O)CNC(=O)N(C)C. The molecule has 0 aliphatic carbocycles. The summed E-state index contributed by atoms with van der Waals surface area (Å²) < 4.78 is 0. The average molecular weight is 315 g/mol. The fraction of sp³-hybridized carbons (Fsp3) is 0.444. The molecule has 0 bridgehead atoms. The van der Waals surface area contributed by atoms with Crippen LogP contribution in [0.4, 0.5) is 4.79 Å². The van der Waals surface area contributed by atoms with Crippen LogP contribution in [-0.2, 0) is 4.79 Å². The Morgan fingerprint density at radius 1 is 1.17 bits per heavy atom. The molecule has 3 amide bonds. The van der Waals surface area contributed by atoms with E-state index in [2.05, 4.69) is 24.1 Å². The lowest BCUT2D eigenvalue weighted by Crippen LogP contribution is -2.43. The Labute approximate surface area is 138 Å². The third kappa shape index (κ3) is 7.37. The molecule has 1 N–H and O–H groups in total. The molecular weight excluding hydrogens is 290 g/mol. The molecule has 0 saturated carbocycles. The van der Waals surface area contributed by atoms with E-state index in [-0.39, 0.29) is 18.5 Å². The van der Waals surface area contributed by atoms with Crippen molar-refractivity contribution in [3.05, 3.63) is 35.9 Å². The van der Waals surface area contributed by atoms with Crippen molar-refractivity contribution in [2.45, 2.75) is 19.8 Å². The van der Waals surface area contributed by atoms with Gasteiger partial charge in [0.15, 0.2) is 0 Å². The minimum atomic E-state index is -0.274. The molecule has 1 aromatic carbocycles. The minimum Gasteiger partial charge on any atom is -0.331 e. The normalized spacial score (nSPS) is 9.52. The van der Waals surface area contributed by atoms with Crippen LogP contribution in [0.2, 0.25) is 0 Å². The van der Waals surface area contributed by atoms with Crippen molar-refractivity contribution in [3.63, 3.8) is 0 Å². The van der Waals surface area contributed by atoms with Crippen LogP contribution in [0.5, 0.6) is 0 Å². The number of hydrogen-bond acceptors (Lipinski definition) is 2. The first kappa shape index (κ1) is 18.6. The lowest BCUT2D eigenvalue weighted by atomic mass is 10.2. The van der Waals surface area contributed by atoms with Gasteiger partial charge < -0.3 is 15.1 Å². The van der Waals surface area contributed by atoms with E-state index in [4.69, 9.17) is 0 Å². The Bertz CT molecular complexity index is 559. The van der Waals surface area contributed by atoms with Crippen molar-refractivity contribution in [2.24, 2.45) is 0 Å². The van der Waals surface area contributed by atoms with E-state index >= 15 is 0 Å². The fourth-order valence-electron chi connectivity index (χ4n) is 1.82. The van der Waals surface area contributed by atoms with E-state index in [9.17, 15) is 9.59 Å². The molecule has 0 heterocycles. The van der Waals surface area contributed by atoms with Gasteiger partial charge in [-0.1, -0.05) is 43.4 Å². The van der Waals surface area contributed by atoms with Gasteiger partial charge in [-0.25, -0.2) is 4.79 Å². The first-order valence-corrected chi connectivity index (χ1v) is 7.81. The molecule has 0 radical (unpaired) electrons. The predicted octanol–water partition coefficient (Wildman–Crippen LogP) is 1.94. The summed E-state index contributed by atoms with van der Waals surface area (Å²) in [4.78, 5) is 26.8. The number of rotatable bonds is 6. The Hall–Kier alpha value is -2.48. The Kier molecular flexibility index (Phi) is 8.30. The van der Waals surface area contributed by atoms with Gasteiger partial charge in [0, 0.05) is 26.2 Å². The first-order valence-electron chi connectivity index (χ1n) is 7.81. The minimum absolute atomic E-state index is 0.00621. The topological polar surface area (TPSA) is 52.7 Å². The van der Waals surface area contributed by atoms with E-state index < -0.39 is 0 Å². The van der Waals surface area contributed by atoms with Crippen molar-refractivity contribution in [1.82, 2.24) is 15.1 Å². The zero-order valence-electron chi connectivity index (χ0n) is 14.1. The van der Waals surface area contributed by atoms with Crippen LogP contribution in [0.25, 0.3) is 0 Å². The van der Waals surface area contributed by atoms with Crippen LogP contribution in [-0.4, -0.2) is 55.5 Å². The van der Waals surface area contributed by atoms with Crippen LogP contribution in [0.3, 0.4) is 0 Å². The number of unbranched alkanes of at least 4 members (excludes halogenated alkanes) is 1. The van der Waals surface area contributed by atoms with Crippen LogP contribution in [0.1, 0.15) is 25.3 Å². The molecule has 0 atom stereocenters. The summed E-state index contributed by atoms with van der Waals surface area (Å²) in [5, 5.41) is 2.59. The third-order valence-corrected chi connectivity index (χ3v) is 3.21. The van der Waals surface area contributed by atoms with Crippen molar-refractivity contribution in [2.75, 3.05) is 33.7 Å². The molecule has 0 spiro atoms. The van der Waals surface area contributed by atoms with Crippen LogP contribution in [0, 0.1) is 11.8 Å². The van der Waals surface area contributed by atoms with Gasteiger partial charge in [0.1, 0.15) is 0 Å². The molecule has 23 heavy (non-hydrogen) atoms. The lowest BCUT2D eigenvalue weighted by molar-refractivity contribution is -0.129.